The summed E-state index contributed by atoms with van der Waals surface area (Å²) in [6.07, 6.45) is -0.215. The van der Waals surface area contributed by atoms with E-state index in [9.17, 15) is 13.2 Å². The number of nitrogens with zero attached hydrogens (tertiary/aromatic N) is 1. The molecule has 0 saturated carbocycles. The zero-order valence-corrected chi connectivity index (χ0v) is 16.7. The summed E-state index contributed by atoms with van der Waals surface area (Å²) in [5, 5.41) is 0. The molecule has 8 heteroatoms. The molecule has 1 amide bonds. The van der Waals surface area contributed by atoms with Crippen molar-refractivity contribution in [3.05, 3.63) is 59.7 Å². The molecule has 1 aliphatic rings. The molecule has 0 unspecified atom stereocenters. The highest BCUT2D eigenvalue weighted by Crippen LogP contribution is 2.25. The van der Waals surface area contributed by atoms with Gasteiger partial charge in [0.25, 0.3) is 0 Å². The Morgan fingerprint density at radius 3 is 2.71 bits per heavy atom. The van der Waals surface area contributed by atoms with E-state index in [0.717, 1.165) is 11.1 Å². The predicted molar refractivity (Wildman–Crippen MR) is 105 cm³/mol. The van der Waals surface area contributed by atoms with Gasteiger partial charge in [0.1, 0.15) is 16.7 Å². The van der Waals surface area contributed by atoms with Crippen LogP contribution in [0.2, 0.25) is 0 Å². The lowest BCUT2D eigenvalue weighted by atomic mass is 10.1. The number of carbonyl (C=O) groups is 1. The normalized spacial score (nSPS) is 17.4. The number of aryl methyl sites for hydroxylation is 1. The fraction of sp³-hybridized carbons (Fsp3) is 0.350. The first-order chi connectivity index (χ1) is 13.4. The van der Waals surface area contributed by atoms with Crippen LogP contribution in [0.5, 0.6) is 5.75 Å². The molecule has 7 nitrogen and oxygen atoms in total. The van der Waals surface area contributed by atoms with Crippen molar-refractivity contribution in [2.24, 2.45) is 0 Å². The van der Waals surface area contributed by atoms with Gasteiger partial charge in [0.15, 0.2) is 0 Å². The Labute approximate surface area is 165 Å². The van der Waals surface area contributed by atoms with Crippen LogP contribution in [0.25, 0.3) is 0 Å². The van der Waals surface area contributed by atoms with Crippen molar-refractivity contribution in [3.63, 3.8) is 0 Å². The molecule has 0 bridgehead atoms. The number of hydrogen-bond donors (Lipinski definition) is 1. The molecule has 1 fully saturated rings. The smallest absolute Gasteiger partial charge is 0.244 e. The van der Waals surface area contributed by atoms with Gasteiger partial charge in [-0.25, -0.2) is 13.1 Å². The third-order valence-corrected chi connectivity index (χ3v) is 6.04. The molecule has 1 heterocycles. The lowest BCUT2D eigenvalue weighted by Crippen LogP contribution is -2.46. The summed E-state index contributed by atoms with van der Waals surface area (Å²) in [4.78, 5) is 14.2. The first-order valence-corrected chi connectivity index (χ1v) is 10.5. The van der Waals surface area contributed by atoms with Crippen LogP contribution < -0.4 is 9.46 Å². The average Bonchev–Trinajstić information content (AvgIpc) is 2.73. The summed E-state index contributed by atoms with van der Waals surface area (Å²) in [5.41, 5.74) is 1.77. The third kappa shape index (κ3) is 4.70. The number of sulfonamides is 1. The number of methoxy groups -OCH3 is 1. The number of carbonyl (C=O) groups excluding carboxylic acids is 1. The van der Waals surface area contributed by atoms with Gasteiger partial charge in [-0.1, -0.05) is 36.4 Å². The fourth-order valence-electron chi connectivity index (χ4n) is 3.09. The van der Waals surface area contributed by atoms with E-state index in [-0.39, 0.29) is 29.2 Å². The van der Waals surface area contributed by atoms with Crippen LogP contribution in [0.15, 0.2) is 53.4 Å². The fourth-order valence-corrected chi connectivity index (χ4v) is 4.31. The lowest BCUT2D eigenvalue weighted by Gasteiger charge is -2.33. The maximum atomic E-state index is 12.7. The van der Waals surface area contributed by atoms with Crippen LogP contribution in [0.3, 0.4) is 0 Å². The number of amides is 1. The van der Waals surface area contributed by atoms with Gasteiger partial charge >= 0.3 is 0 Å². The number of nitrogens with one attached hydrogen (secondary N) is 1. The molecular weight excluding hydrogens is 380 g/mol. The molecule has 150 valence electrons. The topological polar surface area (TPSA) is 84.9 Å². The first-order valence-electron chi connectivity index (χ1n) is 8.99. The molecule has 2 aromatic carbocycles. The summed E-state index contributed by atoms with van der Waals surface area (Å²) in [5.74, 6) is -0.0551. The largest absolute Gasteiger partial charge is 0.495 e. The standard InChI is InChI=1S/C20H24N2O5S/c1-15-8-9-17(26-2)19(12-15)28(24,25)21-13-20(23)22-10-11-27-18(14-22)16-6-4-3-5-7-16/h3-9,12,18,21H,10-11,13-14H2,1-2H3/t18-/m0/s1. The molecule has 0 aromatic heterocycles. The average molecular weight is 404 g/mol. The van der Waals surface area contributed by atoms with E-state index in [1.54, 1.807) is 24.0 Å². The second-order valence-electron chi connectivity index (χ2n) is 6.59. The van der Waals surface area contributed by atoms with E-state index in [2.05, 4.69) is 4.72 Å². The Kier molecular flexibility index (Phi) is 6.33. The summed E-state index contributed by atoms with van der Waals surface area (Å²) >= 11 is 0. The summed E-state index contributed by atoms with van der Waals surface area (Å²) in [6, 6.07) is 14.5. The number of rotatable bonds is 6. The molecule has 3 rings (SSSR count). The highest BCUT2D eigenvalue weighted by atomic mass is 32.2. The number of morpholine rings is 1. The zero-order chi connectivity index (χ0) is 20.1. The number of hydrogen-bond acceptors (Lipinski definition) is 5. The predicted octanol–water partition coefficient (Wildman–Crippen LogP) is 1.88. The number of ether oxygens (including phenoxy) is 2. The Morgan fingerprint density at radius 1 is 1.25 bits per heavy atom. The molecule has 1 N–H and O–H groups in total. The van der Waals surface area contributed by atoms with E-state index >= 15 is 0 Å². The van der Waals surface area contributed by atoms with Crippen LogP contribution in [-0.2, 0) is 19.6 Å². The molecule has 1 aliphatic heterocycles. The van der Waals surface area contributed by atoms with E-state index in [1.165, 1.54) is 13.2 Å². The van der Waals surface area contributed by atoms with Gasteiger partial charge in [0.05, 0.1) is 26.8 Å². The Bertz CT molecular complexity index is 931. The summed E-state index contributed by atoms with van der Waals surface area (Å²) < 4.78 is 38.6. The highest BCUT2D eigenvalue weighted by molar-refractivity contribution is 7.89. The van der Waals surface area contributed by atoms with Crippen LogP contribution >= 0.6 is 0 Å². The quantitative estimate of drug-likeness (QED) is 0.795. The number of benzene rings is 2. The molecule has 28 heavy (non-hydrogen) atoms. The Morgan fingerprint density at radius 2 is 2.00 bits per heavy atom. The molecule has 0 spiro atoms. The van der Waals surface area contributed by atoms with E-state index in [1.807, 2.05) is 30.3 Å². The van der Waals surface area contributed by atoms with Crippen molar-refractivity contribution in [1.29, 1.82) is 0 Å². The zero-order valence-electron chi connectivity index (χ0n) is 15.9. The maximum absolute atomic E-state index is 12.7. The van der Waals surface area contributed by atoms with Gasteiger partial charge in [-0.3, -0.25) is 4.79 Å². The Balaban J connectivity index is 1.65. The van der Waals surface area contributed by atoms with Gasteiger partial charge in [0.2, 0.25) is 15.9 Å². The monoisotopic (exact) mass is 404 g/mol. The molecule has 1 atom stereocenters. The molecule has 2 aromatic rings. The second kappa shape index (κ2) is 8.72. The van der Waals surface area contributed by atoms with Gasteiger partial charge in [-0.05, 0) is 30.2 Å². The van der Waals surface area contributed by atoms with E-state index in [0.29, 0.717) is 19.7 Å². The summed E-state index contributed by atoms with van der Waals surface area (Å²) in [6.45, 7) is 2.70. The van der Waals surface area contributed by atoms with Gasteiger partial charge in [0, 0.05) is 6.54 Å². The lowest BCUT2D eigenvalue weighted by molar-refractivity contribution is -0.137. The van der Waals surface area contributed by atoms with E-state index in [4.69, 9.17) is 9.47 Å². The minimum Gasteiger partial charge on any atom is -0.495 e. The van der Waals surface area contributed by atoms with Gasteiger partial charge in [-0.15, -0.1) is 0 Å². The van der Waals surface area contributed by atoms with Crippen LogP contribution in [-0.4, -0.2) is 52.6 Å². The second-order valence-corrected chi connectivity index (χ2v) is 8.32. The van der Waals surface area contributed by atoms with Gasteiger partial charge in [-0.2, -0.15) is 0 Å². The molecule has 0 aliphatic carbocycles. The molecule has 1 saturated heterocycles. The van der Waals surface area contributed by atoms with Gasteiger partial charge < -0.3 is 14.4 Å². The van der Waals surface area contributed by atoms with Crippen LogP contribution in [0, 0.1) is 6.92 Å². The minimum atomic E-state index is -3.88. The Hall–Kier alpha value is -2.42. The van der Waals surface area contributed by atoms with Crippen molar-refractivity contribution >= 4 is 15.9 Å². The van der Waals surface area contributed by atoms with E-state index < -0.39 is 10.0 Å². The van der Waals surface area contributed by atoms with Crippen molar-refractivity contribution in [3.8, 4) is 5.75 Å². The third-order valence-electron chi connectivity index (χ3n) is 4.61. The van der Waals surface area contributed by atoms with Crippen LogP contribution in [0.4, 0.5) is 0 Å². The van der Waals surface area contributed by atoms with Crippen molar-refractivity contribution in [2.45, 2.75) is 17.9 Å². The van der Waals surface area contributed by atoms with Crippen LogP contribution in [0.1, 0.15) is 17.2 Å². The molecular formula is C20H24N2O5S. The first kappa shape index (κ1) is 20.3. The van der Waals surface area contributed by atoms with Crippen molar-refractivity contribution in [2.75, 3.05) is 33.4 Å². The molecule has 0 radical (unpaired) electrons. The minimum absolute atomic E-state index is 0.0203. The van der Waals surface area contributed by atoms with Crippen molar-refractivity contribution < 1.29 is 22.7 Å². The highest BCUT2D eigenvalue weighted by Gasteiger charge is 2.27. The summed E-state index contributed by atoms with van der Waals surface area (Å²) in [7, 11) is -2.47. The van der Waals surface area contributed by atoms with Crippen molar-refractivity contribution in [1.82, 2.24) is 9.62 Å². The maximum Gasteiger partial charge on any atom is 0.244 e. The SMILES string of the molecule is COc1ccc(C)cc1S(=O)(=O)NCC(=O)N1CCO[C@H](c2ccccc2)C1.